The van der Waals surface area contributed by atoms with Crippen LogP contribution in [-0.4, -0.2) is 16.4 Å². The van der Waals surface area contributed by atoms with Gasteiger partial charge in [-0.2, -0.15) is 0 Å². The van der Waals surface area contributed by atoms with Crippen molar-refractivity contribution in [1.82, 2.24) is 5.32 Å². The van der Waals surface area contributed by atoms with E-state index in [0.717, 1.165) is 53.7 Å². The number of amides is 2. The molecule has 4 nitrogen and oxygen atoms in total. The van der Waals surface area contributed by atoms with Crippen LogP contribution < -0.4 is 10.1 Å². The number of rotatable bonds is 5. The quantitative estimate of drug-likeness (QED) is 0.850. The van der Waals surface area contributed by atoms with Gasteiger partial charge in [0.15, 0.2) is 0 Å². The molecule has 1 heterocycles. The molecule has 0 bridgehead atoms. The molecule has 0 radical (unpaired) electrons. The predicted molar refractivity (Wildman–Crippen MR) is 103 cm³/mol. The lowest BCUT2D eigenvalue weighted by Gasteiger charge is -2.14. The van der Waals surface area contributed by atoms with Gasteiger partial charge in [0.1, 0.15) is 11.5 Å². The molecular formula is C21H21NO3S. The number of aryl methyl sites for hydroxylation is 2. The van der Waals surface area contributed by atoms with E-state index in [9.17, 15) is 9.59 Å². The van der Waals surface area contributed by atoms with Gasteiger partial charge >= 0.3 is 0 Å². The number of ether oxygens (including phenoxy) is 1. The molecule has 2 amide bonds. The van der Waals surface area contributed by atoms with E-state index in [4.69, 9.17) is 4.74 Å². The molecule has 26 heavy (non-hydrogen) atoms. The van der Waals surface area contributed by atoms with Gasteiger partial charge in [0.05, 0.1) is 5.25 Å². The number of nitrogens with one attached hydrogen (secondary N) is 1. The standard InChI is InChI=1S/C21H21NO3S/c1-2-13-11-16(25-18-8-4-6-14-5-3-7-17(14)18)10-9-15(13)12-19-20(23)22-21(24)26-19/h4,6,8-11,19H,2-3,5,7,12H2,1H3,(H,22,23,24). The monoisotopic (exact) mass is 367 g/mol. The molecule has 0 spiro atoms. The second kappa shape index (κ2) is 7.16. The molecule has 2 aliphatic rings. The third kappa shape index (κ3) is 3.36. The fraction of sp³-hybridized carbons (Fsp3) is 0.333. The number of fused-ring (bicyclic) bond motifs is 1. The van der Waals surface area contributed by atoms with Crippen molar-refractivity contribution in [3.8, 4) is 11.5 Å². The first-order chi connectivity index (χ1) is 12.6. The number of thioether (sulfide) groups is 1. The maximum Gasteiger partial charge on any atom is 0.286 e. The average Bonchev–Trinajstić information content (AvgIpc) is 3.23. The van der Waals surface area contributed by atoms with Crippen molar-refractivity contribution in [3.05, 3.63) is 58.7 Å². The Morgan fingerprint density at radius 3 is 2.81 bits per heavy atom. The first kappa shape index (κ1) is 17.2. The summed E-state index contributed by atoms with van der Waals surface area (Å²) in [7, 11) is 0. The molecule has 4 rings (SSSR count). The molecule has 2 aromatic carbocycles. The van der Waals surface area contributed by atoms with E-state index >= 15 is 0 Å². The van der Waals surface area contributed by atoms with E-state index in [1.54, 1.807) is 0 Å². The van der Waals surface area contributed by atoms with E-state index in [1.165, 1.54) is 17.5 Å². The van der Waals surface area contributed by atoms with E-state index in [0.29, 0.717) is 6.42 Å². The van der Waals surface area contributed by atoms with Crippen LogP contribution >= 0.6 is 11.8 Å². The minimum absolute atomic E-state index is 0.192. The van der Waals surface area contributed by atoms with Crippen molar-refractivity contribution in [3.63, 3.8) is 0 Å². The number of hydrogen-bond donors (Lipinski definition) is 1. The van der Waals surface area contributed by atoms with Crippen LogP contribution in [0.4, 0.5) is 4.79 Å². The van der Waals surface area contributed by atoms with Crippen molar-refractivity contribution >= 4 is 22.9 Å². The van der Waals surface area contributed by atoms with E-state index < -0.39 is 0 Å². The third-order valence-electron chi connectivity index (χ3n) is 5.06. The van der Waals surface area contributed by atoms with E-state index in [-0.39, 0.29) is 16.4 Å². The second-order valence-corrected chi connectivity index (χ2v) is 7.90. The van der Waals surface area contributed by atoms with Gasteiger partial charge in [-0.05, 0) is 72.6 Å². The topological polar surface area (TPSA) is 55.4 Å². The van der Waals surface area contributed by atoms with E-state index in [2.05, 4.69) is 30.4 Å². The zero-order valence-electron chi connectivity index (χ0n) is 14.7. The largest absolute Gasteiger partial charge is 0.457 e. The van der Waals surface area contributed by atoms with Crippen molar-refractivity contribution in [1.29, 1.82) is 0 Å². The molecule has 1 fully saturated rings. The summed E-state index contributed by atoms with van der Waals surface area (Å²) in [6, 6.07) is 12.3. The van der Waals surface area contributed by atoms with Crippen LogP contribution in [-0.2, 0) is 30.5 Å². The highest BCUT2D eigenvalue weighted by Crippen LogP contribution is 2.34. The molecule has 1 atom stereocenters. The van der Waals surface area contributed by atoms with Crippen LogP contribution in [0.5, 0.6) is 11.5 Å². The molecule has 134 valence electrons. The zero-order chi connectivity index (χ0) is 18.1. The minimum Gasteiger partial charge on any atom is -0.457 e. The van der Waals surface area contributed by atoms with Gasteiger partial charge in [-0.3, -0.25) is 14.9 Å². The second-order valence-electron chi connectivity index (χ2n) is 6.72. The highest BCUT2D eigenvalue weighted by atomic mass is 32.2. The molecular weight excluding hydrogens is 346 g/mol. The molecule has 5 heteroatoms. The Morgan fingerprint density at radius 1 is 1.15 bits per heavy atom. The first-order valence-electron chi connectivity index (χ1n) is 9.06. The van der Waals surface area contributed by atoms with Gasteiger partial charge in [0, 0.05) is 0 Å². The number of imide groups is 1. The summed E-state index contributed by atoms with van der Waals surface area (Å²) in [5.41, 5.74) is 4.97. The van der Waals surface area contributed by atoms with Gasteiger partial charge in [-0.1, -0.05) is 36.9 Å². The van der Waals surface area contributed by atoms with Crippen LogP contribution in [0.25, 0.3) is 0 Å². The lowest BCUT2D eigenvalue weighted by atomic mass is 10.00. The number of hydrogen-bond acceptors (Lipinski definition) is 4. The van der Waals surface area contributed by atoms with Crippen molar-refractivity contribution in [2.45, 2.75) is 44.3 Å². The van der Waals surface area contributed by atoms with Crippen molar-refractivity contribution in [2.75, 3.05) is 0 Å². The average molecular weight is 367 g/mol. The van der Waals surface area contributed by atoms with Gasteiger partial charge in [0.25, 0.3) is 5.24 Å². The Morgan fingerprint density at radius 2 is 2.04 bits per heavy atom. The van der Waals surface area contributed by atoms with Gasteiger partial charge < -0.3 is 4.74 Å². The molecule has 0 aromatic heterocycles. The predicted octanol–water partition coefficient (Wildman–Crippen LogP) is 4.42. The third-order valence-corrected chi connectivity index (χ3v) is 6.04. The summed E-state index contributed by atoms with van der Waals surface area (Å²) in [4.78, 5) is 23.2. The lowest BCUT2D eigenvalue weighted by Crippen LogP contribution is -2.25. The van der Waals surface area contributed by atoms with Crippen LogP contribution in [0.3, 0.4) is 0 Å². The molecule has 1 unspecified atom stereocenters. The number of carbonyl (C=O) groups is 2. The fourth-order valence-electron chi connectivity index (χ4n) is 3.73. The van der Waals surface area contributed by atoms with Crippen LogP contribution in [0, 0.1) is 0 Å². The molecule has 1 aliphatic heterocycles. The van der Waals surface area contributed by atoms with Crippen LogP contribution in [0.15, 0.2) is 36.4 Å². The van der Waals surface area contributed by atoms with Gasteiger partial charge in [-0.15, -0.1) is 0 Å². The molecule has 0 saturated carbocycles. The summed E-state index contributed by atoms with van der Waals surface area (Å²) in [5, 5.41) is 1.76. The van der Waals surface area contributed by atoms with E-state index in [1.807, 2.05) is 18.2 Å². The maximum absolute atomic E-state index is 11.8. The highest BCUT2D eigenvalue weighted by molar-refractivity contribution is 8.15. The summed E-state index contributed by atoms with van der Waals surface area (Å²) in [6.07, 6.45) is 4.81. The zero-order valence-corrected chi connectivity index (χ0v) is 15.5. The van der Waals surface area contributed by atoms with Crippen LogP contribution in [0.2, 0.25) is 0 Å². The normalized spacial score (nSPS) is 18.7. The Balaban J connectivity index is 1.55. The number of benzene rings is 2. The summed E-state index contributed by atoms with van der Waals surface area (Å²) >= 11 is 1.08. The molecule has 1 aliphatic carbocycles. The minimum atomic E-state index is -0.336. The highest BCUT2D eigenvalue weighted by Gasteiger charge is 2.32. The van der Waals surface area contributed by atoms with Gasteiger partial charge in [0.2, 0.25) is 5.91 Å². The molecule has 2 aromatic rings. The Bertz CT molecular complexity index is 878. The Labute approximate surface area is 157 Å². The van der Waals surface area contributed by atoms with Gasteiger partial charge in [-0.25, -0.2) is 0 Å². The first-order valence-corrected chi connectivity index (χ1v) is 9.94. The summed E-state index contributed by atoms with van der Waals surface area (Å²) < 4.78 is 6.19. The number of carbonyl (C=O) groups excluding carboxylic acids is 2. The van der Waals surface area contributed by atoms with Crippen molar-refractivity contribution in [2.24, 2.45) is 0 Å². The smallest absolute Gasteiger partial charge is 0.286 e. The Kier molecular flexibility index (Phi) is 4.72. The maximum atomic E-state index is 11.8. The lowest BCUT2D eigenvalue weighted by molar-refractivity contribution is -0.118. The Hall–Kier alpha value is -2.27. The van der Waals surface area contributed by atoms with Crippen LogP contribution in [0.1, 0.15) is 35.6 Å². The summed E-state index contributed by atoms with van der Waals surface area (Å²) in [5.74, 6) is 1.58. The SMILES string of the molecule is CCc1cc(Oc2cccc3c2CCC3)ccc1CC1SC(=O)NC1=O. The molecule has 1 N–H and O–H groups in total. The molecule has 1 saturated heterocycles. The summed E-state index contributed by atoms with van der Waals surface area (Å²) in [6.45, 7) is 2.09. The fourth-order valence-corrected chi connectivity index (χ4v) is 4.58. The van der Waals surface area contributed by atoms with Crippen molar-refractivity contribution < 1.29 is 14.3 Å².